The van der Waals surface area contributed by atoms with E-state index in [1.54, 1.807) is 0 Å². The molecular formula is C9H32O4Si3Zr. The summed E-state index contributed by atoms with van der Waals surface area (Å²) in [7, 11) is -4.83. The van der Waals surface area contributed by atoms with E-state index in [1.165, 1.54) is 0 Å². The van der Waals surface area contributed by atoms with Gasteiger partial charge in [0.05, 0.1) is 0 Å². The normalized spacial score (nSPS) is 10.6. The van der Waals surface area contributed by atoms with Crippen molar-refractivity contribution >= 4 is 25.0 Å². The number of hydrogen-bond acceptors (Lipinski definition) is 3. The van der Waals surface area contributed by atoms with Crippen molar-refractivity contribution in [1.29, 1.82) is 0 Å². The van der Waals surface area contributed by atoms with Gasteiger partial charge in [0.25, 0.3) is 0 Å². The van der Waals surface area contributed by atoms with Crippen LogP contribution in [0.1, 0.15) is 0 Å². The Balaban J connectivity index is -0.0000000400. The molecule has 4 nitrogen and oxygen atoms in total. The van der Waals surface area contributed by atoms with Crippen LogP contribution in [0.3, 0.4) is 0 Å². The van der Waals surface area contributed by atoms with E-state index < -0.39 is 25.0 Å². The molecule has 8 heteroatoms. The van der Waals surface area contributed by atoms with Crippen LogP contribution in [0.4, 0.5) is 0 Å². The van der Waals surface area contributed by atoms with E-state index in [0.29, 0.717) is 0 Å². The van der Waals surface area contributed by atoms with Crippen molar-refractivity contribution in [3.05, 3.63) is 0 Å². The van der Waals surface area contributed by atoms with E-state index >= 15 is 0 Å². The largest absolute Gasteiger partial charge is 0.433 e. The minimum Gasteiger partial charge on any atom is -0.433 e. The summed E-state index contributed by atoms with van der Waals surface area (Å²) in [6, 6.07) is 0. The minimum absolute atomic E-state index is 0. The fraction of sp³-hybridized carbons (Fsp3) is 1.00. The molecule has 0 heterocycles. The molecule has 0 aromatic carbocycles. The Morgan fingerprint density at radius 3 is 0.471 bits per heavy atom. The van der Waals surface area contributed by atoms with Crippen molar-refractivity contribution in [3.8, 4) is 0 Å². The van der Waals surface area contributed by atoms with Crippen LogP contribution < -0.4 is 0 Å². The Kier molecular flexibility index (Phi) is 22.6. The molecule has 5 N–H and O–H groups in total. The first-order valence-corrected chi connectivity index (χ1v) is 15.5. The second-order valence-electron chi connectivity index (χ2n) is 6.51. The molecule has 0 saturated heterocycles. The predicted molar refractivity (Wildman–Crippen MR) is 80.3 cm³/mol. The molecule has 0 radical (unpaired) electrons. The van der Waals surface area contributed by atoms with E-state index in [2.05, 4.69) is 0 Å². The summed E-state index contributed by atoms with van der Waals surface area (Å²) in [6.45, 7) is 16.9. The van der Waals surface area contributed by atoms with Crippen molar-refractivity contribution in [2.75, 3.05) is 0 Å². The first-order chi connectivity index (χ1) is 6.00. The SMILES string of the molecule is C[Si](C)(C)O.C[Si](C)(C)O.C[Si](C)(C)O.O.[Zr]. The fourth-order valence-electron chi connectivity index (χ4n) is 0. The second-order valence-corrected chi connectivity index (χ2v) is 19.5. The van der Waals surface area contributed by atoms with Gasteiger partial charge in [-0.2, -0.15) is 0 Å². The zero-order chi connectivity index (χ0) is 13.5. The Morgan fingerprint density at radius 1 is 0.471 bits per heavy atom. The zero-order valence-electron chi connectivity index (χ0n) is 12.8. The van der Waals surface area contributed by atoms with Crippen molar-refractivity contribution in [1.82, 2.24) is 0 Å². The molecule has 108 valence electrons. The van der Waals surface area contributed by atoms with Gasteiger partial charge in [-0.15, -0.1) is 0 Å². The minimum atomic E-state index is -1.61. The predicted octanol–water partition coefficient (Wildman–Crippen LogP) is 1.61. The third-order valence-electron chi connectivity index (χ3n) is 0. The third kappa shape index (κ3) is 2180. The van der Waals surface area contributed by atoms with E-state index in [-0.39, 0.29) is 31.7 Å². The summed E-state index contributed by atoms with van der Waals surface area (Å²) in [5, 5.41) is 0. The molecule has 0 rings (SSSR count). The quantitative estimate of drug-likeness (QED) is 0.558. The molecule has 0 aromatic rings. The van der Waals surface area contributed by atoms with E-state index in [4.69, 9.17) is 14.4 Å². The first kappa shape index (κ1) is 31.0. The van der Waals surface area contributed by atoms with E-state index in [1.807, 2.05) is 58.9 Å². The Labute approximate surface area is 129 Å². The van der Waals surface area contributed by atoms with Crippen LogP contribution in [-0.4, -0.2) is 44.8 Å². The van der Waals surface area contributed by atoms with Crippen LogP contribution in [0.15, 0.2) is 0 Å². The average Bonchev–Trinajstić information content (AvgIpc) is 1.41. The van der Waals surface area contributed by atoms with Gasteiger partial charge in [-0.05, 0) is 58.9 Å². The van der Waals surface area contributed by atoms with Crippen LogP contribution in [0.5, 0.6) is 0 Å². The first-order valence-electron chi connectivity index (χ1n) is 5.17. The van der Waals surface area contributed by atoms with Gasteiger partial charge >= 0.3 is 0 Å². The third-order valence-corrected chi connectivity index (χ3v) is 0. The molecule has 0 atom stereocenters. The Morgan fingerprint density at radius 2 is 0.471 bits per heavy atom. The molecule has 0 unspecified atom stereocenters. The van der Waals surface area contributed by atoms with Gasteiger partial charge in [-0.25, -0.2) is 0 Å². The van der Waals surface area contributed by atoms with Gasteiger partial charge in [0, 0.05) is 26.2 Å². The molecule has 17 heavy (non-hydrogen) atoms. The molecule has 0 spiro atoms. The zero-order valence-corrected chi connectivity index (χ0v) is 18.3. The summed E-state index contributed by atoms with van der Waals surface area (Å²) >= 11 is 0. The summed E-state index contributed by atoms with van der Waals surface area (Å²) in [5.41, 5.74) is 0. The molecule has 0 aliphatic heterocycles. The maximum Gasteiger partial charge on any atom is 0.179 e. The van der Waals surface area contributed by atoms with Gasteiger partial charge in [-0.3, -0.25) is 0 Å². The maximum absolute atomic E-state index is 8.66. The topological polar surface area (TPSA) is 92.2 Å². The van der Waals surface area contributed by atoms with Crippen LogP contribution in [0.2, 0.25) is 58.9 Å². The fourth-order valence-corrected chi connectivity index (χ4v) is 0. The Bertz CT molecular complexity index is 103. The van der Waals surface area contributed by atoms with Gasteiger partial charge < -0.3 is 19.9 Å². The van der Waals surface area contributed by atoms with Crippen LogP contribution in [0, 0.1) is 0 Å². The second kappa shape index (κ2) is 12.4. The van der Waals surface area contributed by atoms with E-state index in [0.717, 1.165) is 0 Å². The molecule has 0 aliphatic rings. The van der Waals surface area contributed by atoms with Crippen molar-refractivity contribution < 1.29 is 46.1 Å². The summed E-state index contributed by atoms with van der Waals surface area (Å²) < 4.78 is 0. The van der Waals surface area contributed by atoms with Crippen LogP contribution >= 0.6 is 0 Å². The molecule has 0 fully saturated rings. The number of hydrogen-bond donors (Lipinski definition) is 3. The van der Waals surface area contributed by atoms with Crippen LogP contribution in [0.25, 0.3) is 0 Å². The maximum atomic E-state index is 8.66. The standard InChI is InChI=1S/3C3H10OSi.H2O.Zr/c3*1-5(2,3)4;;/h3*4H,1-3H3;1H2;. The summed E-state index contributed by atoms with van der Waals surface area (Å²) in [4.78, 5) is 26.0. The van der Waals surface area contributed by atoms with Crippen molar-refractivity contribution in [2.45, 2.75) is 58.9 Å². The average molecular weight is 380 g/mol. The van der Waals surface area contributed by atoms with Crippen molar-refractivity contribution in [2.24, 2.45) is 0 Å². The molecule has 0 amide bonds. The molecular weight excluding hydrogens is 348 g/mol. The summed E-state index contributed by atoms with van der Waals surface area (Å²) in [5.74, 6) is 0. The Hall–Kier alpha value is 1.37. The van der Waals surface area contributed by atoms with Crippen LogP contribution in [-0.2, 0) is 26.2 Å². The van der Waals surface area contributed by atoms with Crippen molar-refractivity contribution in [3.63, 3.8) is 0 Å². The van der Waals surface area contributed by atoms with Gasteiger partial charge in [-0.1, -0.05) is 0 Å². The monoisotopic (exact) mass is 378 g/mol. The molecule has 0 aromatic heterocycles. The smallest absolute Gasteiger partial charge is 0.179 e. The van der Waals surface area contributed by atoms with Gasteiger partial charge in [0.15, 0.2) is 25.0 Å². The molecule has 0 saturated carbocycles. The van der Waals surface area contributed by atoms with E-state index in [9.17, 15) is 0 Å². The van der Waals surface area contributed by atoms with Gasteiger partial charge in [0.2, 0.25) is 0 Å². The number of rotatable bonds is 0. The summed E-state index contributed by atoms with van der Waals surface area (Å²) in [6.07, 6.45) is 0. The van der Waals surface area contributed by atoms with Gasteiger partial charge in [0.1, 0.15) is 0 Å². The molecule has 0 aliphatic carbocycles. The molecule has 0 bridgehead atoms.